The Morgan fingerprint density at radius 3 is 2.86 bits per heavy atom. The second-order valence-electron chi connectivity index (χ2n) is 4.17. The molecule has 3 rings (SSSR count). The van der Waals surface area contributed by atoms with Crippen LogP contribution in [0.25, 0.3) is 10.9 Å². The molecular weight excluding hydrogens is 290 g/mol. The van der Waals surface area contributed by atoms with E-state index < -0.39 is 0 Å². The topological polar surface area (TPSA) is 72.8 Å². The zero-order valence-corrected chi connectivity index (χ0v) is 12.0. The maximum Gasteiger partial charge on any atom is 0.328 e. The lowest BCUT2D eigenvalue weighted by molar-refractivity contribution is 0.444. The molecule has 0 bridgehead atoms. The Morgan fingerprint density at radius 1 is 1.14 bits per heavy atom. The fraction of sp³-hybridized carbons (Fsp3) is 0.143. The molecule has 0 saturated carbocycles. The van der Waals surface area contributed by atoms with Crippen molar-refractivity contribution < 1.29 is 4.74 Å². The van der Waals surface area contributed by atoms with E-state index in [2.05, 4.69) is 25.3 Å². The smallest absolute Gasteiger partial charge is 0.328 e. The summed E-state index contributed by atoms with van der Waals surface area (Å²) in [5.74, 6) is 0.943. The summed E-state index contributed by atoms with van der Waals surface area (Å²) >= 11 is 5.87. The molecule has 0 aliphatic rings. The first-order valence-corrected chi connectivity index (χ1v) is 6.81. The van der Waals surface area contributed by atoms with Crippen LogP contribution in [-0.4, -0.2) is 26.5 Å². The van der Waals surface area contributed by atoms with Gasteiger partial charge in [0.1, 0.15) is 5.52 Å². The molecule has 6 nitrogen and oxygen atoms in total. The van der Waals surface area contributed by atoms with E-state index in [1.165, 1.54) is 0 Å². The van der Waals surface area contributed by atoms with Crippen molar-refractivity contribution in [1.82, 2.24) is 19.9 Å². The van der Waals surface area contributed by atoms with Crippen molar-refractivity contribution in [2.45, 2.75) is 6.92 Å². The fourth-order valence-corrected chi connectivity index (χ4v) is 2.02. The number of nitrogens with zero attached hydrogens (tertiary/aromatic N) is 4. The Labute approximate surface area is 126 Å². The van der Waals surface area contributed by atoms with Gasteiger partial charge in [-0.15, -0.1) is 0 Å². The Bertz CT molecular complexity index is 775. The van der Waals surface area contributed by atoms with Gasteiger partial charge in [0.2, 0.25) is 11.2 Å². The molecule has 7 heteroatoms. The molecule has 3 aromatic rings. The largest absolute Gasteiger partial charge is 0.422 e. The van der Waals surface area contributed by atoms with Crippen molar-refractivity contribution in [1.29, 1.82) is 0 Å². The molecule has 1 N–H and O–H groups in total. The summed E-state index contributed by atoms with van der Waals surface area (Å²) in [6.45, 7) is 2.61. The van der Waals surface area contributed by atoms with Crippen LogP contribution in [-0.2, 0) is 0 Å². The van der Waals surface area contributed by atoms with Crippen molar-refractivity contribution in [2.75, 3.05) is 11.9 Å². The van der Waals surface area contributed by atoms with Crippen LogP contribution in [0.15, 0.2) is 36.5 Å². The van der Waals surface area contributed by atoms with Gasteiger partial charge in [0.25, 0.3) is 0 Å². The Hall–Kier alpha value is -2.47. The molecule has 0 unspecified atom stereocenters. The van der Waals surface area contributed by atoms with Crippen LogP contribution in [0, 0.1) is 0 Å². The van der Waals surface area contributed by atoms with Gasteiger partial charge in [-0.1, -0.05) is 18.2 Å². The number of benzene rings is 1. The van der Waals surface area contributed by atoms with Gasteiger partial charge in [0.15, 0.2) is 5.75 Å². The van der Waals surface area contributed by atoms with Crippen molar-refractivity contribution in [3.63, 3.8) is 0 Å². The van der Waals surface area contributed by atoms with Crippen molar-refractivity contribution in [2.24, 2.45) is 0 Å². The van der Waals surface area contributed by atoms with Crippen molar-refractivity contribution in [3.05, 3.63) is 41.8 Å². The highest BCUT2D eigenvalue weighted by Crippen LogP contribution is 2.27. The van der Waals surface area contributed by atoms with Crippen LogP contribution in [0.4, 0.5) is 5.95 Å². The van der Waals surface area contributed by atoms with Crippen LogP contribution < -0.4 is 10.1 Å². The minimum Gasteiger partial charge on any atom is -0.422 e. The third-order valence-electron chi connectivity index (χ3n) is 2.72. The number of aromatic nitrogens is 4. The predicted octanol–water partition coefficient (Wildman–Crippen LogP) is 3.30. The normalized spacial score (nSPS) is 10.6. The molecule has 0 aliphatic heterocycles. The number of halogens is 1. The molecular formula is C14H12ClN5O. The van der Waals surface area contributed by atoms with Gasteiger partial charge in [-0.3, -0.25) is 4.98 Å². The van der Waals surface area contributed by atoms with Crippen LogP contribution in [0.5, 0.6) is 11.8 Å². The average molecular weight is 302 g/mol. The van der Waals surface area contributed by atoms with Crippen LogP contribution in [0.1, 0.15) is 6.92 Å². The highest BCUT2D eigenvalue weighted by molar-refractivity contribution is 6.28. The molecule has 2 heterocycles. The lowest BCUT2D eigenvalue weighted by Crippen LogP contribution is -2.05. The molecule has 0 fully saturated rings. The predicted molar refractivity (Wildman–Crippen MR) is 80.8 cm³/mol. The van der Waals surface area contributed by atoms with Crippen LogP contribution in [0.3, 0.4) is 0 Å². The van der Waals surface area contributed by atoms with Crippen LogP contribution >= 0.6 is 11.6 Å². The van der Waals surface area contributed by atoms with E-state index in [1.807, 2.05) is 31.2 Å². The molecule has 0 aliphatic carbocycles. The number of anilines is 1. The molecule has 0 radical (unpaired) electrons. The van der Waals surface area contributed by atoms with E-state index in [9.17, 15) is 0 Å². The van der Waals surface area contributed by atoms with E-state index in [-0.39, 0.29) is 11.3 Å². The van der Waals surface area contributed by atoms with Gasteiger partial charge < -0.3 is 10.1 Å². The fourth-order valence-electron chi connectivity index (χ4n) is 1.87. The Balaban J connectivity index is 1.98. The zero-order chi connectivity index (χ0) is 14.7. The van der Waals surface area contributed by atoms with E-state index in [4.69, 9.17) is 16.3 Å². The second-order valence-corrected chi connectivity index (χ2v) is 4.51. The van der Waals surface area contributed by atoms with Gasteiger partial charge in [0, 0.05) is 18.1 Å². The third kappa shape index (κ3) is 3.00. The first-order chi connectivity index (χ1) is 10.3. The number of hydrogen-bond donors (Lipinski definition) is 1. The highest BCUT2D eigenvalue weighted by Gasteiger charge is 2.09. The summed E-state index contributed by atoms with van der Waals surface area (Å²) in [5.41, 5.74) is 0.738. The van der Waals surface area contributed by atoms with E-state index >= 15 is 0 Å². The van der Waals surface area contributed by atoms with E-state index in [1.54, 1.807) is 12.3 Å². The van der Waals surface area contributed by atoms with Crippen molar-refractivity contribution >= 4 is 28.5 Å². The van der Waals surface area contributed by atoms with Crippen molar-refractivity contribution in [3.8, 4) is 11.8 Å². The number of nitrogens with one attached hydrogen (secondary N) is 1. The SMILES string of the molecule is CCNc1nc(Cl)nc(Oc2cccc3cccnc23)n1. The van der Waals surface area contributed by atoms with Gasteiger partial charge in [-0.2, -0.15) is 15.0 Å². The number of fused-ring (bicyclic) bond motifs is 1. The van der Waals surface area contributed by atoms with E-state index in [0.29, 0.717) is 18.2 Å². The number of hydrogen-bond acceptors (Lipinski definition) is 6. The second kappa shape index (κ2) is 5.88. The monoisotopic (exact) mass is 301 g/mol. The van der Waals surface area contributed by atoms with Gasteiger partial charge in [-0.25, -0.2) is 0 Å². The number of pyridine rings is 1. The maximum atomic E-state index is 5.87. The van der Waals surface area contributed by atoms with E-state index in [0.717, 1.165) is 10.9 Å². The summed E-state index contributed by atoms with van der Waals surface area (Å²) in [6.07, 6.45) is 1.71. The quantitative estimate of drug-likeness (QED) is 0.797. The standard InChI is InChI=1S/C14H12ClN5O/c1-2-16-13-18-12(15)19-14(20-13)21-10-7-3-5-9-6-4-8-17-11(9)10/h3-8H,2H2,1H3,(H,16,18,19,20). The summed E-state index contributed by atoms with van der Waals surface area (Å²) < 4.78 is 5.71. The summed E-state index contributed by atoms with van der Waals surface area (Å²) in [5, 5.41) is 4.02. The molecule has 21 heavy (non-hydrogen) atoms. The maximum absolute atomic E-state index is 5.87. The highest BCUT2D eigenvalue weighted by atomic mass is 35.5. The number of para-hydroxylation sites is 1. The molecule has 0 atom stereocenters. The minimum atomic E-state index is 0.0733. The van der Waals surface area contributed by atoms with Gasteiger partial charge >= 0.3 is 6.01 Å². The summed E-state index contributed by atoms with van der Waals surface area (Å²) in [4.78, 5) is 16.4. The first kappa shape index (κ1) is 13.5. The molecule has 0 spiro atoms. The molecule has 2 aromatic heterocycles. The molecule has 106 valence electrons. The molecule has 0 saturated heterocycles. The average Bonchev–Trinajstić information content (AvgIpc) is 2.47. The Kier molecular flexibility index (Phi) is 3.79. The first-order valence-electron chi connectivity index (χ1n) is 6.43. The summed E-state index contributed by atoms with van der Waals surface area (Å²) in [6, 6.07) is 9.60. The third-order valence-corrected chi connectivity index (χ3v) is 2.89. The Morgan fingerprint density at radius 2 is 2.00 bits per heavy atom. The number of ether oxygens (including phenoxy) is 1. The summed E-state index contributed by atoms with van der Waals surface area (Å²) in [7, 11) is 0. The minimum absolute atomic E-state index is 0.0733. The van der Waals surface area contributed by atoms with Crippen LogP contribution in [0.2, 0.25) is 5.28 Å². The number of rotatable bonds is 4. The van der Waals surface area contributed by atoms with Gasteiger partial charge in [-0.05, 0) is 30.7 Å². The zero-order valence-electron chi connectivity index (χ0n) is 11.2. The lowest BCUT2D eigenvalue weighted by Gasteiger charge is -2.08. The molecule has 0 amide bonds. The molecule has 1 aromatic carbocycles. The lowest BCUT2D eigenvalue weighted by atomic mass is 10.2. The van der Waals surface area contributed by atoms with Gasteiger partial charge in [0.05, 0.1) is 0 Å².